The highest BCUT2D eigenvalue weighted by Crippen LogP contribution is 2.23. The van der Waals surface area contributed by atoms with Crippen LogP contribution in [0, 0.1) is 0 Å². The lowest BCUT2D eigenvalue weighted by atomic mass is 10.3. The van der Waals surface area contributed by atoms with Gasteiger partial charge in [0.25, 0.3) is 0 Å². The zero-order valence-corrected chi connectivity index (χ0v) is 12.2. The molecule has 0 heterocycles. The highest BCUT2D eigenvalue weighted by molar-refractivity contribution is 7.91. The van der Waals surface area contributed by atoms with Crippen molar-refractivity contribution in [1.29, 1.82) is 0 Å². The quantitative estimate of drug-likeness (QED) is 0.890. The standard InChI is InChI=1S/C14H14ClNO3S/c15-11-1-5-13(6-2-11)20(18,19)14-7-3-12(4-8-14)16-9-10-17/h1-8,16-17H,9-10H2. The number of benzene rings is 2. The zero-order chi connectivity index (χ0) is 14.6. The maximum absolute atomic E-state index is 12.4. The van der Waals surface area contributed by atoms with Crippen LogP contribution in [0.25, 0.3) is 0 Å². The van der Waals surface area contributed by atoms with Crippen molar-refractivity contribution in [2.24, 2.45) is 0 Å². The molecule has 2 rings (SSSR count). The summed E-state index contributed by atoms with van der Waals surface area (Å²) in [5, 5.41) is 12.2. The molecule has 0 saturated carbocycles. The van der Waals surface area contributed by atoms with E-state index in [1.54, 1.807) is 24.3 Å². The van der Waals surface area contributed by atoms with Gasteiger partial charge in [-0.25, -0.2) is 8.42 Å². The van der Waals surface area contributed by atoms with Crippen LogP contribution in [0.5, 0.6) is 0 Å². The van der Waals surface area contributed by atoms with Crippen molar-refractivity contribution in [3.8, 4) is 0 Å². The first-order chi connectivity index (χ1) is 9.54. The molecular formula is C14H14ClNO3S. The summed E-state index contributed by atoms with van der Waals surface area (Å²) in [7, 11) is -3.53. The van der Waals surface area contributed by atoms with Gasteiger partial charge >= 0.3 is 0 Å². The lowest BCUT2D eigenvalue weighted by molar-refractivity contribution is 0.311. The molecule has 4 nitrogen and oxygen atoms in total. The fourth-order valence-electron chi connectivity index (χ4n) is 1.70. The first kappa shape index (κ1) is 14.8. The number of hydrogen-bond donors (Lipinski definition) is 2. The fraction of sp³-hybridized carbons (Fsp3) is 0.143. The van der Waals surface area contributed by atoms with Crippen LogP contribution in [0.3, 0.4) is 0 Å². The first-order valence-corrected chi connectivity index (χ1v) is 7.85. The molecule has 0 radical (unpaired) electrons. The number of aliphatic hydroxyl groups excluding tert-OH is 1. The largest absolute Gasteiger partial charge is 0.395 e. The fourth-order valence-corrected chi connectivity index (χ4v) is 3.09. The molecule has 0 unspecified atom stereocenters. The zero-order valence-electron chi connectivity index (χ0n) is 10.6. The maximum Gasteiger partial charge on any atom is 0.206 e. The van der Waals surface area contributed by atoms with Crippen LogP contribution in [-0.4, -0.2) is 26.7 Å². The number of halogens is 1. The molecule has 0 fully saturated rings. The number of sulfone groups is 1. The summed E-state index contributed by atoms with van der Waals surface area (Å²) in [6, 6.07) is 12.5. The third-order valence-corrected chi connectivity index (χ3v) is 4.77. The number of aliphatic hydroxyl groups is 1. The van der Waals surface area contributed by atoms with Crippen LogP contribution >= 0.6 is 11.6 Å². The van der Waals surface area contributed by atoms with Crippen LogP contribution in [0.2, 0.25) is 5.02 Å². The van der Waals surface area contributed by atoms with E-state index in [9.17, 15) is 8.42 Å². The normalized spacial score (nSPS) is 11.3. The molecule has 0 saturated heterocycles. The smallest absolute Gasteiger partial charge is 0.206 e. The highest BCUT2D eigenvalue weighted by atomic mass is 35.5. The summed E-state index contributed by atoms with van der Waals surface area (Å²) in [5.74, 6) is 0. The average molecular weight is 312 g/mol. The van der Waals surface area contributed by atoms with E-state index in [1.807, 2.05) is 0 Å². The van der Waals surface area contributed by atoms with E-state index in [-0.39, 0.29) is 16.4 Å². The van der Waals surface area contributed by atoms with Crippen molar-refractivity contribution < 1.29 is 13.5 Å². The lowest BCUT2D eigenvalue weighted by Gasteiger charge is -2.07. The first-order valence-electron chi connectivity index (χ1n) is 5.99. The molecule has 0 bridgehead atoms. The molecule has 0 atom stereocenters. The van der Waals surface area contributed by atoms with E-state index in [4.69, 9.17) is 16.7 Å². The summed E-state index contributed by atoms with van der Waals surface area (Å²) in [6.07, 6.45) is 0. The molecule has 0 amide bonds. The number of nitrogens with one attached hydrogen (secondary N) is 1. The number of rotatable bonds is 5. The predicted octanol–water partition coefficient (Wildman–Crippen LogP) is 2.58. The Hall–Kier alpha value is -1.56. The molecule has 6 heteroatoms. The maximum atomic E-state index is 12.4. The molecule has 0 aromatic heterocycles. The highest BCUT2D eigenvalue weighted by Gasteiger charge is 2.17. The Morgan fingerprint density at radius 3 is 1.95 bits per heavy atom. The molecule has 2 N–H and O–H groups in total. The van der Waals surface area contributed by atoms with E-state index < -0.39 is 9.84 Å². The van der Waals surface area contributed by atoms with Gasteiger partial charge in [0.2, 0.25) is 9.84 Å². The van der Waals surface area contributed by atoms with Crippen LogP contribution in [0.1, 0.15) is 0 Å². The van der Waals surface area contributed by atoms with Crippen LogP contribution in [0.15, 0.2) is 58.3 Å². The van der Waals surface area contributed by atoms with E-state index >= 15 is 0 Å². The minimum atomic E-state index is -3.53. The van der Waals surface area contributed by atoms with Gasteiger partial charge in [0.15, 0.2) is 0 Å². The molecule has 2 aromatic carbocycles. The van der Waals surface area contributed by atoms with E-state index in [0.717, 1.165) is 5.69 Å². The van der Waals surface area contributed by atoms with Gasteiger partial charge in [-0.1, -0.05) is 11.6 Å². The minimum Gasteiger partial charge on any atom is -0.395 e. The van der Waals surface area contributed by atoms with Crippen molar-refractivity contribution in [1.82, 2.24) is 0 Å². The second kappa shape index (κ2) is 6.26. The van der Waals surface area contributed by atoms with Crippen molar-refractivity contribution >= 4 is 27.1 Å². The van der Waals surface area contributed by atoms with E-state index in [2.05, 4.69) is 5.32 Å². The minimum absolute atomic E-state index is 0.0187. The second-order valence-corrected chi connectivity index (χ2v) is 6.52. The van der Waals surface area contributed by atoms with Gasteiger partial charge in [-0.05, 0) is 48.5 Å². The Labute approximate surface area is 122 Å². The van der Waals surface area contributed by atoms with Crippen LogP contribution in [0.4, 0.5) is 5.69 Å². The summed E-state index contributed by atoms with van der Waals surface area (Å²) >= 11 is 5.75. The summed E-state index contributed by atoms with van der Waals surface area (Å²) in [5.41, 5.74) is 0.758. The number of anilines is 1. The second-order valence-electron chi connectivity index (χ2n) is 4.13. The Balaban J connectivity index is 2.27. The van der Waals surface area contributed by atoms with Gasteiger partial charge in [0, 0.05) is 17.3 Å². The van der Waals surface area contributed by atoms with Gasteiger partial charge in [0.05, 0.1) is 16.4 Å². The van der Waals surface area contributed by atoms with E-state index in [1.165, 1.54) is 24.3 Å². The Morgan fingerprint density at radius 1 is 0.950 bits per heavy atom. The summed E-state index contributed by atoms with van der Waals surface area (Å²) < 4.78 is 24.7. The average Bonchev–Trinajstić information content (AvgIpc) is 2.46. The van der Waals surface area contributed by atoms with Gasteiger partial charge in [-0.15, -0.1) is 0 Å². The molecule has 0 aliphatic heterocycles. The Morgan fingerprint density at radius 2 is 1.45 bits per heavy atom. The van der Waals surface area contributed by atoms with Crippen molar-refractivity contribution in [2.45, 2.75) is 9.79 Å². The van der Waals surface area contributed by atoms with Gasteiger partial charge < -0.3 is 10.4 Å². The molecule has 2 aromatic rings. The lowest BCUT2D eigenvalue weighted by Crippen LogP contribution is -2.06. The third kappa shape index (κ3) is 3.30. The van der Waals surface area contributed by atoms with Crippen molar-refractivity contribution in [3.05, 3.63) is 53.6 Å². The van der Waals surface area contributed by atoms with Gasteiger partial charge in [-0.3, -0.25) is 0 Å². The summed E-state index contributed by atoms with van der Waals surface area (Å²) in [6.45, 7) is 0.439. The third-order valence-electron chi connectivity index (χ3n) is 2.73. The summed E-state index contributed by atoms with van der Waals surface area (Å²) in [4.78, 5) is 0.423. The van der Waals surface area contributed by atoms with Crippen LogP contribution < -0.4 is 5.32 Å². The molecule has 0 aliphatic carbocycles. The topological polar surface area (TPSA) is 66.4 Å². The Kier molecular flexibility index (Phi) is 4.65. The van der Waals surface area contributed by atoms with Crippen molar-refractivity contribution in [3.63, 3.8) is 0 Å². The van der Waals surface area contributed by atoms with Crippen LogP contribution in [-0.2, 0) is 9.84 Å². The predicted molar refractivity (Wildman–Crippen MR) is 78.9 cm³/mol. The molecular weight excluding hydrogens is 298 g/mol. The molecule has 0 spiro atoms. The van der Waals surface area contributed by atoms with E-state index in [0.29, 0.717) is 11.6 Å². The monoisotopic (exact) mass is 311 g/mol. The van der Waals surface area contributed by atoms with Gasteiger partial charge in [-0.2, -0.15) is 0 Å². The molecule has 106 valence electrons. The van der Waals surface area contributed by atoms with Gasteiger partial charge in [0.1, 0.15) is 0 Å². The SMILES string of the molecule is O=S(=O)(c1ccc(Cl)cc1)c1ccc(NCCO)cc1. The Bertz CT molecular complexity index is 667. The van der Waals surface area contributed by atoms with Crippen molar-refractivity contribution in [2.75, 3.05) is 18.5 Å². The number of hydrogen-bond acceptors (Lipinski definition) is 4. The molecule has 0 aliphatic rings. The molecule has 20 heavy (non-hydrogen) atoms.